The van der Waals surface area contributed by atoms with Crippen LogP contribution in [0.15, 0.2) is 223 Å². The van der Waals surface area contributed by atoms with Crippen molar-refractivity contribution in [1.82, 2.24) is 4.57 Å². The molecule has 11 rings (SSSR count). The summed E-state index contributed by atoms with van der Waals surface area (Å²) in [5.41, 5.74) is 15.7. The zero-order chi connectivity index (χ0) is 37.7. The first-order valence-electron chi connectivity index (χ1n) is 19.4. The molecule has 0 bridgehead atoms. The number of nitrogens with zero attached hydrogens (tertiary/aromatic N) is 2. The molecule has 11 aromatic rings. The molecule has 268 valence electrons. The molecule has 2 heterocycles. The number of hydrogen-bond donors (Lipinski definition) is 0. The highest BCUT2D eigenvalue weighted by molar-refractivity contribution is 6.12. The summed E-state index contributed by atoms with van der Waals surface area (Å²) < 4.78 is 8.57. The minimum Gasteiger partial charge on any atom is -0.456 e. The Labute approximate surface area is 330 Å². The zero-order valence-corrected chi connectivity index (χ0v) is 31.1. The molecule has 3 heteroatoms. The number of fused-ring (bicyclic) bond motifs is 6. The summed E-state index contributed by atoms with van der Waals surface area (Å²) in [4.78, 5) is 2.32. The van der Waals surface area contributed by atoms with E-state index in [0.717, 1.165) is 39.0 Å². The van der Waals surface area contributed by atoms with Crippen LogP contribution in [0.4, 0.5) is 17.1 Å². The minimum absolute atomic E-state index is 0.912. The van der Waals surface area contributed by atoms with Gasteiger partial charge >= 0.3 is 0 Å². The molecule has 0 radical (unpaired) electrons. The lowest BCUT2D eigenvalue weighted by atomic mass is 9.97. The van der Waals surface area contributed by atoms with Gasteiger partial charge in [0.15, 0.2) is 0 Å². The number of anilines is 3. The van der Waals surface area contributed by atoms with Gasteiger partial charge in [-0.05, 0) is 94.5 Å². The first-order chi connectivity index (χ1) is 28.3. The highest BCUT2D eigenvalue weighted by atomic mass is 16.3. The Kier molecular flexibility index (Phi) is 7.82. The second kappa shape index (κ2) is 13.6. The standard InChI is InChI=1S/C54H36N2O/c1-2-13-41(14-3-1)55(42-33-29-38(30-34-42)37-25-27-40(28-26-37)45-19-12-24-53-54(45)48-18-7-11-23-52(48)57-53)43-35-31-39(32-36-43)44-15-4-8-20-49(44)56-50-21-9-5-16-46(50)47-17-6-10-22-51(47)56/h1-36H. The Balaban J connectivity index is 0.925. The molecule has 0 amide bonds. The Bertz CT molecular complexity index is 3160. The van der Waals surface area contributed by atoms with Crippen molar-refractivity contribution >= 4 is 60.8 Å². The molecule has 0 N–H and O–H groups in total. The average Bonchev–Trinajstić information content (AvgIpc) is 3.84. The van der Waals surface area contributed by atoms with Crippen LogP contribution in [0.25, 0.3) is 82.8 Å². The summed E-state index contributed by atoms with van der Waals surface area (Å²) in [7, 11) is 0. The minimum atomic E-state index is 0.912. The van der Waals surface area contributed by atoms with Gasteiger partial charge in [0.2, 0.25) is 0 Å². The van der Waals surface area contributed by atoms with Crippen LogP contribution in [-0.4, -0.2) is 4.57 Å². The van der Waals surface area contributed by atoms with Crippen molar-refractivity contribution in [2.45, 2.75) is 0 Å². The van der Waals surface area contributed by atoms with Gasteiger partial charge in [-0.2, -0.15) is 0 Å². The maximum Gasteiger partial charge on any atom is 0.136 e. The van der Waals surface area contributed by atoms with E-state index in [4.69, 9.17) is 4.42 Å². The molecular formula is C54H36N2O. The number of furan rings is 1. The van der Waals surface area contributed by atoms with Crippen LogP contribution < -0.4 is 4.90 Å². The van der Waals surface area contributed by atoms with Gasteiger partial charge in [0, 0.05) is 44.2 Å². The molecule has 9 aromatic carbocycles. The molecule has 0 aliphatic rings. The second-order valence-corrected chi connectivity index (χ2v) is 14.5. The van der Waals surface area contributed by atoms with E-state index in [2.05, 4.69) is 216 Å². The molecule has 57 heavy (non-hydrogen) atoms. The molecular weight excluding hydrogens is 693 g/mol. The van der Waals surface area contributed by atoms with Gasteiger partial charge in [-0.25, -0.2) is 0 Å². The van der Waals surface area contributed by atoms with Crippen LogP contribution in [0.5, 0.6) is 0 Å². The molecule has 0 atom stereocenters. The first kappa shape index (κ1) is 32.8. The van der Waals surface area contributed by atoms with Crippen LogP contribution in [0.1, 0.15) is 0 Å². The van der Waals surface area contributed by atoms with E-state index >= 15 is 0 Å². The van der Waals surface area contributed by atoms with Gasteiger partial charge in [0.05, 0.1) is 16.7 Å². The lowest BCUT2D eigenvalue weighted by molar-refractivity contribution is 0.669. The molecule has 0 aliphatic heterocycles. The number of benzene rings is 9. The van der Waals surface area contributed by atoms with E-state index in [1.165, 1.54) is 60.9 Å². The molecule has 2 aromatic heterocycles. The molecule has 0 spiro atoms. The predicted molar refractivity (Wildman–Crippen MR) is 239 cm³/mol. The van der Waals surface area contributed by atoms with E-state index in [1.54, 1.807) is 0 Å². The van der Waals surface area contributed by atoms with Crippen molar-refractivity contribution in [3.8, 4) is 39.1 Å². The van der Waals surface area contributed by atoms with Crippen molar-refractivity contribution < 1.29 is 4.42 Å². The van der Waals surface area contributed by atoms with Crippen molar-refractivity contribution in [3.63, 3.8) is 0 Å². The van der Waals surface area contributed by atoms with Crippen molar-refractivity contribution in [3.05, 3.63) is 218 Å². The normalized spacial score (nSPS) is 11.5. The van der Waals surface area contributed by atoms with Crippen LogP contribution >= 0.6 is 0 Å². The monoisotopic (exact) mass is 728 g/mol. The van der Waals surface area contributed by atoms with E-state index < -0.39 is 0 Å². The van der Waals surface area contributed by atoms with Gasteiger partial charge in [-0.1, -0.05) is 152 Å². The van der Waals surface area contributed by atoms with Gasteiger partial charge in [0.25, 0.3) is 0 Å². The van der Waals surface area contributed by atoms with Crippen LogP contribution in [0, 0.1) is 0 Å². The maximum absolute atomic E-state index is 6.17. The van der Waals surface area contributed by atoms with E-state index in [0.29, 0.717) is 0 Å². The van der Waals surface area contributed by atoms with E-state index in [9.17, 15) is 0 Å². The summed E-state index contributed by atoms with van der Waals surface area (Å²) >= 11 is 0. The summed E-state index contributed by atoms with van der Waals surface area (Å²) in [6, 6.07) is 78.0. The van der Waals surface area contributed by atoms with Crippen molar-refractivity contribution in [2.24, 2.45) is 0 Å². The Morgan fingerprint density at radius 2 is 0.772 bits per heavy atom. The van der Waals surface area contributed by atoms with Gasteiger partial charge in [-0.3, -0.25) is 0 Å². The quantitative estimate of drug-likeness (QED) is 0.163. The Morgan fingerprint density at radius 1 is 0.316 bits per heavy atom. The molecule has 0 unspecified atom stereocenters. The number of para-hydroxylation sites is 5. The second-order valence-electron chi connectivity index (χ2n) is 14.5. The lowest BCUT2D eigenvalue weighted by Gasteiger charge is -2.26. The van der Waals surface area contributed by atoms with Gasteiger partial charge < -0.3 is 13.9 Å². The summed E-state index contributed by atoms with van der Waals surface area (Å²) in [5, 5.41) is 4.82. The first-order valence-corrected chi connectivity index (χ1v) is 19.4. The number of hydrogen-bond acceptors (Lipinski definition) is 2. The molecule has 0 fully saturated rings. The molecule has 3 nitrogen and oxygen atoms in total. The van der Waals surface area contributed by atoms with Crippen molar-refractivity contribution in [2.75, 3.05) is 4.90 Å². The third-order valence-corrected chi connectivity index (χ3v) is 11.2. The van der Waals surface area contributed by atoms with E-state index in [-0.39, 0.29) is 0 Å². The Hall–Kier alpha value is -7.62. The largest absolute Gasteiger partial charge is 0.456 e. The smallest absolute Gasteiger partial charge is 0.136 e. The van der Waals surface area contributed by atoms with Gasteiger partial charge in [0.1, 0.15) is 11.2 Å². The third kappa shape index (κ3) is 5.60. The number of aromatic nitrogens is 1. The highest BCUT2D eigenvalue weighted by Gasteiger charge is 2.17. The molecule has 0 aliphatic carbocycles. The van der Waals surface area contributed by atoms with Crippen molar-refractivity contribution in [1.29, 1.82) is 0 Å². The predicted octanol–water partition coefficient (Wildman–Crippen LogP) is 15.2. The fourth-order valence-electron chi connectivity index (χ4n) is 8.57. The SMILES string of the molecule is c1ccc(N(c2ccc(-c3ccc(-c4cccc5oc6ccccc6c45)cc3)cc2)c2ccc(-c3ccccc3-n3c4ccccc4c4ccccc43)cc2)cc1. The molecule has 0 saturated heterocycles. The fraction of sp³-hybridized carbons (Fsp3) is 0. The van der Waals surface area contributed by atoms with Crippen LogP contribution in [-0.2, 0) is 0 Å². The van der Waals surface area contributed by atoms with E-state index in [1.807, 2.05) is 12.1 Å². The summed E-state index contributed by atoms with van der Waals surface area (Å²) in [5.74, 6) is 0. The van der Waals surface area contributed by atoms with Gasteiger partial charge in [-0.15, -0.1) is 0 Å². The lowest BCUT2D eigenvalue weighted by Crippen LogP contribution is -2.09. The third-order valence-electron chi connectivity index (χ3n) is 11.2. The number of rotatable bonds is 7. The highest BCUT2D eigenvalue weighted by Crippen LogP contribution is 2.41. The topological polar surface area (TPSA) is 21.3 Å². The molecule has 0 saturated carbocycles. The van der Waals surface area contributed by atoms with Crippen LogP contribution in [0.3, 0.4) is 0 Å². The summed E-state index contributed by atoms with van der Waals surface area (Å²) in [6.07, 6.45) is 0. The Morgan fingerprint density at radius 3 is 1.46 bits per heavy atom. The summed E-state index contributed by atoms with van der Waals surface area (Å²) in [6.45, 7) is 0. The average molecular weight is 729 g/mol. The fourth-order valence-corrected chi connectivity index (χ4v) is 8.57. The zero-order valence-electron chi connectivity index (χ0n) is 31.1. The maximum atomic E-state index is 6.17. The van der Waals surface area contributed by atoms with Crippen LogP contribution in [0.2, 0.25) is 0 Å².